The van der Waals surface area contributed by atoms with E-state index in [2.05, 4.69) is 17.0 Å². The number of aromatic nitrogens is 3. The average Bonchev–Trinajstić information content (AvgIpc) is 2.83. The first-order valence-corrected chi connectivity index (χ1v) is 7.39. The van der Waals surface area contributed by atoms with Gasteiger partial charge in [-0.3, -0.25) is 4.68 Å². The van der Waals surface area contributed by atoms with Crippen molar-refractivity contribution in [1.82, 2.24) is 14.8 Å². The summed E-state index contributed by atoms with van der Waals surface area (Å²) in [7, 11) is 1.90. The minimum Gasteiger partial charge on any atom is -0.326 e. The summed E-state index contributed by atoms with van der Waals surface area (Å²) in [5.41, 5.74) is 7.33. The number of hydrogen-bond donors (Lipinski definition) is 1. The first-order valence-electron chi connectivity index (χ1n) is 6.13. The van der Waals surface area contributed by atoms with E-state index in [4.69, 9.17) is 17.3 Å². The summed E-state index contributed by atoms with van der Waals surface area (Å²) >= 11 is 7.76. The van der Waals surface area contributed by atoms with Gasteiger partial charge in [0, 0.05) is 31.0 Å². The molecule has 2 atom stereocenters. The Balaban J connectivity index is 2.27. The van der Waals surface area contributed by atoms with Crippen molar-refractivity contribution in [3.05, 3.63) is 41.3 Å². The van der Waals surface area contributed by atoms with E-state index in [0.717, 1.165) is 17.0 Å². The highest BCUT2D eigenvalue weighted by atomic mass is 35.5. The van der Waals surface area contributed by atoms with E-state index in [9.17, 15) is 0 Å². The normalized spacial score (nSPS) is 14.3. The number of halogens is 1. The van der Waals surface area contributed by atoms with E-state index in [1.54, 1.807) is 22.6 Å². The molecule has 0 aromatic carbocycles. The average molecular weight is 297 g/mol. The van der Waals surface area contributed by atoms with Crippen LogP contribution in [0.2, 0.25) is 5.02 Å². The molecule has 0 amide bonds. The molecule has 2 N–H and O–H groups in total. The summed E-state index contributed by atoms with van der Waals surface area (Å²) in [4.78, 5) is 4.32. The maximum absolute atomic E-state index is 6.23. The predicted octanol–water partition coefficient (Wildman–Crippen LogP) is 3.04. The molecule has 0 radical (unpaired) electrons. The molecule has 4 nitrogen and oxygen atoms in total. The number of nitrogens with two attached hydrogens (primary N) is 1. The van der Waals surface area contributed by atoms with Gasteiger partial charge in [-0.05, 0) is 18.6 Å². The Hall–Kier alpha value is -1.04. The van der Waals surface area contributed by atoms with Crippen LogP contribution in [0.4, 0.5) is 0 Å². The van der Waals surface area contributed by atoms with Crippen molar-refractivity contribution in [1.29, 1.82) is 0 Å². The molecular formula is C13H17ClN4S. The minimum atomic E-state index is 0.0345. The topological polar surface area (TPSA) is 56.7 Å². The highest BCUT2D eigenvalue weighted by Gasteiger charge is 2.22. The minimum absolute atomic E-state index is 0.0345. The molecule has 6 heteroatoms. The Labute approximate surface area is 122 Å². The molecular weight excluding hydrogens is 280 g/mol. The Morgan fingerprint density at radius 2 is 2.32 bits per heavy atom. The molecule has 0 bridgehead atoms. The monoisotopic (exact) mass is 296 g/mol. The molecule has 0 spiro atoms. The van der Waals surface area contributed by atoms with Crippen LogP contribution in [0.3, 0.4) is 0 Å². The van der Waals surface area contributed by atoms with Gasteiger partial charge in [-0.2, -0.15) is 5.10 Å². The standard InChI is InChI=1S/C13H17ClN4S/c1-3-11(15)12(9-7-17-18(2)8-9)19-13-10(14)5-4-6-16-13/h4-8,11-12H,3,15H2,1-2H3. The molecule has 102 valence electrons. The Kier molecular flexibility index (Phi) is 4.85. The lowest BCUT2D eigenvalue weighted by atomic mass is 10.1. The van der Waals surface area contributed by atoms with Crippen molar-refractivity contribution >= 4 is 23.4 Å². The van der Waals surface area contributed by atoms with E-state index >= 15 is 0 Å². The van der Waals surface area contributed by atoms with Gasteiger partial charge in [0.15, 0.2) is 0 Å². The number of hydrogen-bond acceptors (Lipinski definition) is 4. The summed E-state index contributed by atoms with van der Waals surface area (Å²) in [5, 5.41) is 5.78. The van der Waals surface area contributed by atoms with Gasteiger partial charge in [-0.1, -0.05) is 30.3 Å². The SMILES string of the molecule is CCC(N)C(Sc1ncccc1Cl)c1cnn(C)c1. The quantitative estimate of drug-likeness (QED) is 0.862. The maximum atomic E-state index is 6.23. The predicted molar refractivity (Wildman–Crippen MR) is 79.3 cm³/mol. The van der Waals surface area contributed by atoms with Crippen LogP contribution < -0.4 is 5.73 Å². The van der Waals surface area contributed by atoms with Gasteiger partial charge >= 0.3 is 0 Å². The van der Waals surface area contributed by atoms with Gasteiger partial charge < -0.3 is 5.73 Å². The lowest BCUT2D eigenvalue weighted by Crippen LogP contribution is -2.25. The zero-order valence-electron chi connectivity index (χ0n) is 11.0. The molecule has 2 unspecified atom stereocenters. The summed E-state index contributed by atoms with van der Waals surface area (Å²) in [6, 6.07) is 3.70. The molecule has 0 saturated carbocycles. The number of nitrogens with zero attached hydrogens (tertiary/aromatic N) is 3. The van der Waals surface area contributed by atoms with Crippen LogP contribution >= 0.6 is 23.4 Å². The van der Waals surface area contributed by atoms with Gasteiger partial charge in [0.25, 0.3) is 0 Å². The second kappa shape index (κ2) is 6.41. The highest BCUT2D eigenvalue weighted by molar-refractivity contribution is 7.99. The molecule has 19 heavy (non-hydrogen) atoms. The first-order chi connectivity index (χ1) is 9.11. The third kappa shape index (κ3) is 3.49. The van der Waals surface area contributed by atoms with Gasteiger partial charge in [-0.25, -0.2) is 4.98 Å². The molecule has 0 aliphatic carbocycles. The lowest BCUT2D eigenvalue weighted by Gasteiger charge is -2.21. The third-order valence-electron chi connectivity index (χ3n) is 2.88. The fourth-order valence-electron chi connectivity index (χ4n) is 1.78. The molecule has 2 aromatic rings. The van der Waals surface area contributed by atoms with Crippen molar-refractivity contribution in [2.24, 2.45) is 12.8 Å². The zero-order chi connectivity index (χ0) is 13.8. The first kappa shape index (κ1) is 14.4. The summed E-state index contributed by atoms with van der Waals surface area (Å²) in [6.45, 7) is 2.08. The van der Waals surface area contributed by atoms with Crippen LogP contribution in [-0.2, 0) is 7.05 Å². The summed E-state index contributed by atoms with van der Waals surface area (Å²) in [6.07, 6.45) is 6.47. The van der Waals surface area contributed by atoms with E-state index in [-0.39, 0.29) is 11.3 Å². The number of rotatable bonds is 5. The summed E-state index contributed by atoms with van der Waals surface area (Å²) in [5.74, 6) is 0. The number of aryl methyl sites for hydroxylation is 1. The molecule has 0 aliphatic heterocycles. The van der Waals surface area contributed by atoms with Crippen LogP contribution in [0.25, 0.3) is 0 Å². The van der Waals surface area contributed by atoms with E-state index in [1.807, 2.05) is 31.6 Å². The van der Waals surface area contributed by atoms with Gasteiger partial charge in [0.05, 0.1) is 16.5 Å². The van der Waals surface area contributed by atoms with Crippen LogP contribution in [0.15, 0.2) is 35.7 Å². The van der Waals surface area contributed by atoms with Crippen molar-refractivity contribution in [3.8, 4) is 0 Å². The van der Waals surface area contributed by atoms with Gasteiger partial charge in [0.2, 0.25) is 0 Å². The van der Waals surface area contributed by atoms with Crippen molar-refractivity contribution in [3.63, 3.8) is 0 Å². The number of thioether (sulfide) groups is 1. The van der Waals surface area contributed by atoms with Gasteiger partial charge in [0.1, 0.15) is 5.03 Å². The molecule has 2 heterocycles. The second-order valence-electron chi connectivity index (χ2n) is 4.35. The molecule has 2 aromatic heterocycles. The Morgan fingerprint density at radius 3 is 2.89 bits per heavy atom. The van der Waals surface area contributed by atoms with Crippen molar-refractivity contribution in [2.75, 3.05) is 0 Å². The Bertz CT molecular complexity index is 543. The second-order valence-corrected chi connectivity index (χ2v) is 5.89. The van der Waals surface area contributed by atoms with Crippen LogP contribution in [0.1, 0.15) is 24.2 Å². The van der Waals surface area contributed by atoms with Crippen molar-refractivity contribution < 1.29 is 0 Å². The molecule has 0 saturated heterocycles. The van der Waals surface area contributed by atoms with E-state index < -0.39 is 0 Å². The highest BCUT2D eigenvalue weighted by Crippen LogP contribution is 2.39. The van der Waals surface area contributed by atoms with E-state index in [0.29, 0.717) is 5.02 Å². The lowest BCUT2D eigenvalue weighted by molar-refractivity contribution is 0.633. The van der Waals surface area contributed by atoms with Gasteiger partial charge in [-0.15, -0.1) is 0 Å². The molecule has 0 fully saturated rings. The van der Waals surface area contributed by atoms with Crippen LogP contribution in [0.5, 0.6) is 0 Å². The fourth-order valence-corrected chi connectivity index (χ4v) is 3.21. The van der Waals surface area contributed by atoms with E-state index in [1.165, 1.54) is 0 Å². The smallest absolute Gasteiger partial charge is 0.115 e. The zero-order valence-corrected chi connectivity index (χ0v) is 12.5. The van der Waals surface area contributed by atoms with Crippen LogP contribution in [0, 0.1) is 0 Å². The Morgan fingerprint density at radius 1 is 1.53 bits per heavy atom. The maximum Gasteiger partial charge on any atom is 0.115 e. The molecule has 0 aliphatic rings. The third-order valence-corrected chi connectivity index (χ3v) is 4.72. The largest absolute Gasteiger partial charge is 0.326 e. The fraction of sp³-hybridized carbons (Fsp3) is 0.385. The van der Waals surface area contributed by atoms with Crippen molar-refractivity contribution in [2.45, 2.75) is 29.7 Å². The summed E-state index contributed by atoms with van der Waals surface area (Å²) < 4.78 is 1.78. The molecule has 2 rings (SSSR count). The van der Waals surface area contributed by atoms with Crippen LogP contribution in [-0.4, -0.2) is 20.8 Å². The number of pyridine rings is 1.